The van der Waals surface area contributed by atoms with Gasteiger partial charge in [0.15, 0.2) is 16.1 Å². The summed E-state index contributed by atoms with van der Waals surface area (Å²) in [5.41, 5.74) is -1.07. The predicted molar refractivity (Wildman–Crippen MR) is 88.1 cm³/mol. The molecule has 1 aliphatic rings. The smallest absolute Gasteiger partial charge is 0.409 e. The first-order chi connectivity index (χ1) is 11.2. The lowest BCUT2D eigenvalue weighted by Gasteiger charge is -2.19. The Bertz CT molecular complexity index is 773. The van der Waals surface area contributed by atoms with Crippen LogP contribution in [0.4, 0.5) is 4.79 Å². The summed E-state index contributed by atoms with van der Waals surface area (Å²) in [7, 11) is -3.64. The summed E-state index contributed by atoms with van der Waals surface area (Å²) in [4.78, 5) is 11.8. The van der Waals surface area contributed by atoms with Crippen LogP contribution in [0.15, 0.2) is 29.2 Å². The molecular formula is C15H18ClN3O4S. The summed E-state index contributed by atoms with van der Waals surface area (Å²) in [6.45, 7) is 3.20. The number of hydrogen-bond donors (Lipinski definition) is 2. The van der Waals surface area contributed by atoms with E-state index in [0.29, 0.717) is 0 Å². The second-order valence-corrected chi connectivity index (χ2v) is 8.60. The number of nitriles is 1. The Hall–Kier alpha value is -1.82. The molecule has 24 heavy (non-hydrogen) atoms. The van der Waals surface area contributed by atoms with Crippen LogP contribution in [0.25, 0.3) is 0 Å². The summed E-state index contributed by atoms with van der Waals surface area (Å²) < 4.78 is 30.4. The zero-order valence-electron chi connectivity index (χ0n) is 13.2. The van der Waals surface area contributed by atoms with E-state index < -0.39 is 32.9 Å². The molecule has 1 aromatic rings. The maximum absolute atomic E-state index is 12.6. The third-order valence-electron chi connectivity index (χ3n) is 3.58. The maximum Gasteiger partial charge on any atom is 0.409 e. The summed E-state index contributed by atoms with van der Waals surface area (Å²) in [6.07, 6.45) is -1.43. The third kappa shape index (κ3) is 4.17. The van der Waals surface area contributed by atoms with Crippen molar-refractivity contribution in [3.8, 4) is 6.07 Å². The Morgan fingerprint density at radius 3 is 2.75 bits per heavy atom. The summed E-state index contributed by atoms with van der Waals surface area (Å²) in [5, 5.41) is 13.5. The fraction of sp³-hybridized carbons (Fsp3) is 0.467. The number of nitrogens with zero attached hydrogens (tertiary/aromatic N) is 1. The van der Waals surface area contributed by atoms with Gasteiger partial charge in [0.25, 0.3) is 0 Å². The average molecular weight is 372 g/mol. The number of sulfone groups is 1. The zero-order chi connectivity index (χ0) is 18.0. The topological polar surface area (TPSA) is 108 Å². The standard InChI is InChI=1S/C15H18ClN3O4S/c1-15(2,9-17)19-14(20)23-13-7-10(8-18-13)24(21,22)12-6-4-3-5-11(12)16/h3-6,10,13,18H,7-8H2,1-2H3,(H,19,20)/t10-,13+/m1/s1. The minimum absolute atomic E-state index is 0.0641. The molecule has 0 bridgehead atoms. The molecule has 0 unspecified atom stereocenters. The van der Waals surface area contributed by atoms with Gasteiger partial charge < -0.3 is 10.1 Å². The van der Waals surface area contributed by atoms with Crippen LogP contribution in [0.5, 0.6) is 0 Å². The summed E-state index contributed by atoms with van der Waals surface area (Å²) in [5.74, 6) is 0. The van der Waals surface area contributed by atoms with E-state index in [2.05, 4.69) is 10.6 Å². The highest BCUT2D eigenvalue weighted by Gasteiger charge is 2.38. The first-order valence-electron chi connectivity index (χ1n) is 7.27. The molecule has 9 heteroatoms. The number of hydrogen-bond acceptors (Lipinski definition) is 6. The molecular weight excluding hydrogens is 354 g/mol. The first-order valence-corrected chi connectivity index (χ1v) is 9.20. The Morgan fingerprint density at radius 1 is 1.46 bits per heavy atom. The van der Waals surface area contributed by atoms with Gasteiger partial charge >= 0.3 is 6.09 Å². The van der Waals surface area contributed by atoms with Gasteiger partial charge in [0, 0.05) is 13.0 Å². The van der Waals surface area contributed by atoms with E-state index in [1.807, 2.05) is 6.07 Å². The van der Waals surface area contributed by atoms with Crippen LogP contribution in [0.2, 0.25) is 5.02 Å². The van der Waals surface area contributed by atoms with E-state index in [4.69, 9.17) is 21.6 Å². The van der Waals surface area contributed by atoms with Gasteiger partial charge in [-0.1, -0.05) is 23.7 Å². The Labute approximate surface area is 145 Å². The molecule has 7 nitrogen and oxygen atoms in total. The van der Waals surface area contributed by atoms with E-state index in [9.17, 15) is 13.2 Å². The molecule has 1 aliphatic heterocycles. The van der Waals surface area contributed by atoms with Crippen LogP contribution < -0.4 is 10.6 Å². The van der Waals surface area contributed by atoms with Crippen LogP contribution in [0.3, 0.4) is 0 Å². The number of benzene rings is 1. The molecule has 2 N–H and O–H groups in total. The SMILES string of the molecule is CC(C)(C#N)NC(=O)O[C@H]1C[C@@H](S(=O)(=O)c2ccccc2Cl)CN1. The van der Waals surface area contributed by atoms with Gasteiger partial charge in [-0.25, -0.2) is 13.2 Å². The predicted octanol–water partition coefficient (Wildman–Crippen LogP) is 1.83. The Morgan fingerprint density at radius 2 is 2.12 bits per heavy atom. The van der Waals surface area contributed by atoms with Crippen LogP contribution in [0, 0.1) is 11.3 Å². The number of nitrogens with one attached hydrogen (secondary N) is 2. The van der Waals surface area contributed by atoms with Gasteiger partial charge in [0.05, 0.1) is 21.2 Å². The van der Waals surface area contributed by atoms with Gasteiger partial charge in [0.1, 0.15) is 5.54 Å². The zero-order valence-corrected chi connectivity index (χ0v) is 14.8. The highest BCUT2D eigenvalue weighted by Crippen LogP contribution is 2.28. The number of alkyl carbamates (subject to hydrolysis) is 1. The lowest BCUT2D eigenvalue weighted by atomic mass is 10.1. The number of ether oxygens (including phenoxy) is 1. The molecule has 1 fully saturated rings. The maximum atomic E-state index is 12.6. The second-order valence-electron chi connectivity index (χ2n) is 6.00. The first kappa shape index (κ1) is 18.5. The minimum Gasteiger partial charge on any atom is -0.430 e. The van der Waals surface area contributed by atoms with Gasteiger partial charge in [-0.2, -0.15) is 5.26 Å². The fourth-order valence-electron chi connectivity index (χ4n) is 2.29. The highest BCUT2D eigenvalue weighted by atomic mass is 35.5. The number of rotatable bonds is 4. The number of carbonyl (C=O) groups is 1. The third-order valence-corrected chi connectivity index (χ3v) is 6.22. The molecule has 1 heterocycles. The summed E-state index contributed by atoms with van der Waals surface area (Å²) >= 11 is 5.97. The van der Waals surface area contributed by atoms with Crippen LogP contribution in [-0.2, 0) is 14.6 Å². The monoisotopic (exact) mass is 371 g/mol. The highest BCUT2D eigenvalue weighted by molar-refractivity contribution is 7.92. The van der Waals surface area contributed by atoms with E-state index in [1.165, 1.54) is 26.0 Å². The number of amides is 1. The van der Waals surface area contributed by atoms with Gasteiger partial charge in [0.2, 0.25) is 0 Å². The van der Waals surface area contributed by atoms with Crippen molar-refractivity contribution in [1.29, 1.82) is 5.26 Å². The molecule has 1 amide bonds. The van der Waals surface area contributed by atoms with Crippen molar-refractivity contribution < 1.29 is 17.9 Å². The van der Waals surface area contributed by atoms with Crippen molar-refractivity contribution in [3.05, 3.63) is 29.3 Å². The molecule has 0 saturated carbocycles. The molecule has 0 radical (unpaired) electrons. The summed E-state index contributed by atoms with van der Waals surface area (Å²) in [6, 6.07) is 8.14. The van der Waals surface area contributed by atoms with E-state index in [-0.39, 0.29) is 22.9 Å². The second kappa shape index (κ2) is 6.97. The molecule has 1 saturated heterocycles. The fourth-order valence-corrected chi connectivity index (χ4v) is 4.46. The van der Waals surface area contributed by atoms with Crippen LogP contribution in [-0.4, -0.2) is 38.1 Å². The van der Waals surface area contributed by atoms with Gasteiger partial charge in [-0.15, -0.1) is 0 Å². The van der Waals surface area contributed by atoms with Crippen molar-refractivity contribution in [2.24, 2.45) is 0 Å². The number of carbonyl (C=O) groups excluding carboxylic acids is 1. The quantitative estimate of drug-likeness (QED) is 0.835. The lowest BCUT2D eigenvalue weighted by molar-refractivity contribution is 0.0854. The largest absolute Gasteiger partial charge is 0.430 e. The number of halogens is 1. The van der Waals surface area contributed by atoms with Crippen LogP contribution >= 0.6 is 11.6 Å². The van der Waals surface area contributed by atoms with Crippen molar-refractivity contribution in [1.82, 2.24) is 10.6 Å². The van der Waals surface area contributed by atoms with Crippen molar-refractivity contribution in [2.75, 3.05) is 6.54 Å². The van der Waals surface area contributed by atoms with Gasteiger partial charge in [-0.05, 0) is 26.0 Å². The molecule has 2 rings (SSSR count). The van der Waals surface area contributed by atoms with E-state index >= 15 is 0 Å². The minimum atomic E-state index is -3.64. The average Bonchev–Trinajstić information content (AvgIpc) is 2.96. The normalized spacial score (nSPS) is 21.1. The van der Waals surface area contributed by atoms with Crippen LogP contribution in [0.1, 0.15) is 20.3 Å². The van der Waals surface area contributed by atoms with Gasteiger partial charge in [-0.3, -0.25) is 5.32 Å². The lowest BCUT2D eigenvalue weighted by Crippen LogP contribution is -2.44. The van der Waals surface area contributed by atoms with Crippen molar-refractivity contribution >= 4 is 27.5 Å². The van der Waals surface area contributed by atoms with Crippen molar-refractivity contribution in [3.63, 3.8) is 0 Å². The molecule has 130 valence electrons. The Kier molecular flexibility index (Phi) is 5.38. The molecule has 0 spiro atoms. The van der Waals surface area contributed by atoms with E-state index in [1.54, 1.807) is 12.1 Å². The van der Waals surface area contributed by atoms with E-state index in [0.717, 1.165) is 0 Å². The Balaban J connectivity index is 2.02. The van der Waals surface area contributed by atoms with Crippen molar-refractivity contribution in [2.45, 2.75) is 42.2 Å². The molecule has 2 atom stereocenters. The molecule has 1 aromatic carbocycles. The molecule has 0 aliphatic carbocycles. The molecule has 0 aromatic heterocycles.